The molecule has 38 heavy (non-hydrogen) atoms. The Morgan fingerprint density at radius 1 is 1.08 bits per heavy atom. The minimum absolute atomic E-state index is 0.0642. The number of likely N-dealkylation sites (N-methyl/N-ethyl adjacent to an activating group) is 1. The molecule has 0 aliphatic rings. The fraction of sp³-hybridized carbons (Fsp3) is 0.280. The number of carbonyl (C=O) groups excluding carboxylic acids is 1. The number of aromatic nitrogens is 1. The predicted octanol–water partition coefficient (Wildman–Crippen LogP) is 5.05. The van der Waals surface area contributed by atoms with Crippen molar-refractivity contribution >= 4 is 27.5 Å². The van der Waals surface area contributed by atoms with Crippen molar-refractivity contribution in [2.45, 2.75) is 37.4 Å². The summed E-state index contributed by atoms with van der Waals surface area (Å²) in [4.78, 5) is 18.3. The number of pyridine rings is 1. The van der Waals surface area contributed by atoms with Gasteiger partial charge in [-0.25, -0.2) is 18.5 Å². The van der Waals surface area contributed by atoms with E-state index in [0.29, 0.717) is 30.9 Å². The molecule has 1 atom stereocenters. The largest absolute Gasteiger partial charge is 0.480 e. The lowest BCUT2D eigenvalue weighted by molar-refractivity contribution is -0.138. The average molecular weight is 572 g/mol. The van der Waals surface area contributed by atoms with E-state index in [1.54, 1.807) is 17.0 Å². The smallest absolute Gasteiger partial charge is 0.417 e. The highest BCUT2D eigenvalue weighted by Gasteiger charge is 2.32. The normalized spacial score (nSPS) is 12.6. The van der Waals surface area contributed by atoms with E-state index in [-0.39, 0.29) is 39.6 Å². The van der Waals surface area contributed by atoms with Crippen LogP contribution in [0.3, 0.4) is 0 Å². The van der Waals surface area contributed by atoms with Crippen LogP contribution in [-0.2, 0) is 27.4 Å². The highest BCUT2D eigenvalue weighted by Crippen LogP contribution is 2.35. The predicted molar refractivity (Wildman–Crippen MR) is 135 cm³/mol. The number of alkyl halides is 3. The first-order valence-corrected chi connectivity index (χ1v) is 13.3. The summed E-state index contributed by atoms with van der Waals surface area (Å²) in [6.07, 6.45) is -5.12. The molecule has 3 rings (SSSR count). The minimum Gasteiger partial charge on any atom is -0.480 e. The van der Waals surface area contributed by atoms with E-state index in [4.69, 9.17) is 26.2 Å². The van der Waals surface area contributed by atoms with Gasteiger partial charge in [0.25, 0.3) is 5.91 Å². The van der Waals surface area contributed by atoms with Gasteiger partial charge in [-0.15, -0.1) is 0 Å². The third kappa shape index (κ3) is 7.36. The van der Waals surface area contributed by atoms with E-state index in [1.807, 2.05) is 13.8 Å². The SMILES string of the molecule is CCN(CC)C(=O)C(Cc1ccccc1S(N)(=O)=O)Oc1ccc(Oc2ncc(C(F)(F)F)cc2Cl)cc1. The first-order chi connectivity index (χ1) is 17.8. The van der Waals surface area contributed by atoms with Crippen LogP contribution in [0.25, 0.3) is 0 Å². The Kier molecular flexibility index (Phi) is 9.23. The Balaban J connectivity index is 1.83. The van der Waals surface area contributed by atoms with Gasteiger partial charge in [0.1, 0.15) is 16.5 Å². The molecule has 0 aliphatic heterocycles. The van der Waals surface area contributed by atoms with Gasteiger partial charge in [0, 0.05) is 25.7 Å². The molecule has 204 valence electrons. The van der Waals surface area contributed by atoms with Crippen LogP contribution < -0.4 is 14.6 Å². The van der Waals surface area contributed by atoms with Crippen LogP contribution in [0.1, 0.15) is 25.0 Å². The van der Waals surface area contributed by atoms with Gasteiger partial charge < -0.3 is 14.4 Å². The van der Waals surface area contributed by atoms with E-state index in [0.717, 1.165) is 0 Å². The van der Waals surface area contributed by atoms with Crippen LogP contribution in [-0.4, -0.2) is 43.4 Å². The summed E-state index contributed by atoms with van der Waals surface area (Å²) in [5.41, 5.74) is -0.685. The molecule has 0 bridgehead atoms. The van der Waals surface area contributed by atoms with Crippen molar-refractivity contribution in [3.05, 3.63) is 76.9 Å². The lowest BCUT2D eigenvalue weighted by Gasteiger charge is -2.26. The Bertz CT molecular complexity index is 1380. The topological polar surface area (TPSA) is 112 Å². The molecule has 0 fully saturated rings. The number of rotatable bonds is 10. The number of carbonyl (C=O) groups is 1. The van der Waals surface area contributed by atoms with Crippen molar-refractivity contribution in [1.82, 2.24) is 9.88 Å². The lowest BCUT2D eigenvalue weighted by Crippen LogP contribution is -2.43. The van der Waals surface area contributed by atoms with Crippen molar-refractivity contribution in [2.75, 3.05) is 13.1 Å². The molecular formula is C25H25ClF3N3O5S. The van der Waals surface area contributed by atoms with Crippen molar-refractivity contribution in [1.29, 1.82) is 0 Å². The van der Waals surface area contributed by atoms with Crippen LogP contribution in [0.15, 0.2) is 65.7 Å². The quantitative estimate of drug-likeness (QED) is 0.364. The summed E-state index contributed by atoms with van der Waals surface area (Å²) in [5, 5.41) is 5.03. The molecular weight excluding hydrogens is 547 g/mol. The lowest BCUT2D eigenvalue weighted by atomic mass is 10.1. The molecule has 13 heteroatoms. The number of halogens is 4. The number of primary sulfonamides is 1. The molecule has 0 spiro atoms. The molecule has 0 aliphatic carbocycles. The Morgan fingerprint density at radius 3 is 2.24 bits per heavy atom. The van der Waals surface area contributed by atoms with Gasteiger partial charge in [-0.1, -0.05) is 29.8 Å². The number of sulfonamides is 1. The zero-order valence-electron chi connectivity index (χ0n) is 20.4. The van der Waals surface area contributed by atoms with Crippen LogP contribution >= 0.6 is 11.6 Å². The number of amides is 1. The highest BCUT2D eigenvalue weighted by atomic mass is 35.5. The van der Waals surface area contributed by atoms with Crippen LogP contribution in [0.2, 0.25) is 5.02 Å². The number of benzene rings is 2. The Morgan fingerprint density at radius 2 is 1.68 bits per heavy atom. The van der Waals surface area contributed by atoms with Crippen LogP contribution in [0, 0.1) is 0 Å². The number of hydrogen-bond acceptors (Lipinski definition) is 6. The van der Waals surface area contributed by atoms with Crippen molar-refractivity contribution < 1.29 is 35.9 Å². The summed E-state index contributed by atoms with van der Waals surface area (Å²) in [5.74, 6) is -0.0945. The van der Waals surface area contributed by atoms with E-state index in [2.05, 4.69) is 4.98 Å². The molecule has 2 N–H and O–H groups in total. The van der Waals surface area contributed by atoms with Crippen molar-refractivity contribution in [3.63, 3.8) is 0 Å². The first kappa shape index (κ1) is 29.2. The van der Waals surface area contributed by atoms with Crippen molar-refractivity contribution in [2.24, 2.45) is 5.14 Å². The van der Waals surface area contributed by atoms with Gasteiger partial charge >= 0.3 is 6.18 Å². The maximum Gasteiger partial charge on any atom is 0.417 e. The third-order valence-electron chi connectivity index (χ3n) is 5.49. The fourth-order valence-electron chi connectivity index (χ4n) is 3.59. The zero-order chi connectivity index (χ0) is 28.1. The number of hydrogen-bond donors (Lipinski definition) is 1. The summed E-state index contributed by atoms with van der Waals surface area (Å²) >= 11 is 5.89. The second-order valence-electron chi connectivity index (χ2n) is 8.06. The summed E-state index contributed by atoms with van der Waals surface area (Å²) in [7, 11) is -4.03. The monoisotopic (exact) mass is 571 g/mol. The van der Waals surface area contributed by atoms with Crippen LogP contribution in [0.4, 0.5) is 13.2 Å². The van der Waals surface area contributed by atoms with E-state index in [9.17, 15) is 26.4 Å². The molecule has 1 unspecified atom stereocenters. The first-order valence-electron chi connectivity index (χ1n) is 11.4. The molecule has 8 nitrogen and oxygen atoms in total. The van der Waals surface area contributed by atoms with Gasteiger partial charge in [0.2, 0.25) is 15.9 Å². The van der Waals surface area contributed by atoms with E-state index >= 15 is 0 Å². The van der Waals surface area contributed by atoms with E-state index in [1.165, 1.54) is 36.4 Å². The number of nitrogens with zero attached hydrogens (tertiary/aromatic N) is 2. The van der Waals surface area contributed by atoms with Crippen LogP contribution in [0.5, 0.6) is 17.4 Å². The summed E-state index contributed by atoms with van der Waals surface area (Å²) < 4.78 is 74.0. The maximum absolute atomic E-state index is 13.2. The molecule has 0 saturated heterocycles. The molecule has 1 amide bonds. The van der Waals surface area contributed by atoms with Gasteiger partial charge in [0.05, 0.1) is 10.5 Å². The van der Waals surface area contributed by atoms with Gasteiger partial charge in [-0.3, -0.25) is 4.79 Å². The fourth-order valence-corrected chi connectivity index (χ4v) is 4.58. The van der Waals surface area contributed by atoms with Gasteiger partial charge in [0.15, 0.2) is 6.10 Å². The highest BCUT2D eigenvalue weighted by molar-refractivity contribution is 7.89. The molecule has 3 aromatic rings. The standard InChI is InChI=1S/C25H25ClF3N3O5S/c1-3-32(4-2)24(33)21(13-16-7-5-6-8-22(16)38(30,34)35)36-18-9-11-19(12-10-18)37-23-20(26)14-17(15-31-23)25(27,28)29/h5-12,14-15,21H,3-4,13H2,1-2H3,(H2,30,34,35). The number of ether oxygens (including phenoxy) is 2. The van der Waals surface area contributed by atoms with Gasteiger partial charge in [-0.2, -0.15) is 13.2 Å². The Labute approximate surface area is 223 Å². The Hall–Kier alpha value is -3.35. The second kappa shape index (κ2) is 12.0. The summed E-state index contributed by atoms with van der Waals surface area (Å²) in [6.45, 7) is 4.45. The third-order valence-corrected chi connectivity index (χ3v) is 6.77. The molecule has 0 radical (unpaired) electrons. The molecule has 2 aromatic carbocycles. The summed E-state index contributed by atoms with van der Waals surface area (Å²) in [6, 6.07) is 12.7. The number of nitrogens with two attached hydrogens (primary N) is 1. The van der Waals surface area contributed by atoms with E-state index < -0.39 is 27.9 Å². The molecule has 1 heterocycles. The molecule has 0 saturated carbocycles. The van der Waals surface area contributed by atoms with Gasteiger partial charge in [-0.05, 0) is 55.8 Å². The maximum atomic E-state index is 13.2. The molecule has 1 aromatic heterocycles. The van der Waals surface area contributed by atoms with Crippen molar-refractivity contribution in [3.8, 4) is 17.4 Å². The minimum atomic E-state index is -4.60. The average Bonchev–Trinajstić information content (AvgIpc) is 2.85. The zero-order valence-corrected chi connectivity index (χ0v) is 22.0. The second-order valence-corrected chi connectivity index (χ2v) is 9.99.